The molecule has 0 aliphatic carbocycles. The largest absolute Gasteiger partial charge is 0.396 e. The van der Waals surface area contributed by atoms with Crippen molar-refractivity contribution in [3.63, 3.8) is 0 Å². The van der Waals surface area contributed by atoms with Gasteiger partial charge < -0.3 is 16.0 Å². The molecular formula is C24H30FN5. The van der Waals surface area contributed by atoms with Gasteiger partial charge in [-0.3, -0.25) is 0 Å². The molecule has 1 aromatic carbocycles. The van der Waals surface area contributed by atoms with Crippen molar-refractivity contribution in [1.82, 2.24) is 14.5 Å². The van der Waals surface area contributed by atoms with E-state index in [-0.39, 0.29) is 11.5 Å². The first kappa shape index (κ1) is 21.6. The maximum Gasteiger partial charge on any atom is 0.152 e. The Hall–Kier alpha value is -3.15. The number of fused-ring (bicyclic) bond motifs is 1. The zero-order valence-electron chi connectivity index (χ0n) is 17.6. The number of hydrogen-bond acceptors (Lipinski definition) is 4. The van der Waals surface area contributed by atoms with Gasteiger partial charge >= 0.3 is 0 Å². The van der Waals surface area contributed by atoms with Crippen LogP contribution in [0.1, 0.15) is 44.0 Å². The highest BCUT2D eigenvalue weighted by Gasteiger charge is 2.15. The summed E-state index contributed by atoms with van der Waals surface area (Å²) in [6.07, 6.45) is 9.44. The number of aryl methyl sites for hydroxylation is 3. The average Bonchev–Trinajstić information content (AvgIpc) is 3.08. The van der Waals surface area contributed by atoms with E-state index < -0.39 is 0 Å². The zero-order chi connectivity index (χ0) is 21.7. The summed E-state index contributed by atoms with van der Waals surface area (Å²) in [5.74, 6) is 1.07. The number of nitrogen functional groups attached to an aromatic ring is 2. The van der Waals surface area contributed by atoms with Crippen molar-refractivity contribution < 1.29 is 4.39 Å². The van der Waals surface area contributed by atoms with Crippen molar-refractivity contribution in [2.75, 3.05) is 11.5 Å². The highest BCUT2D eigenvalue weighted by molar-refractivity contribution is 5.86. The summed E-state index contributed by atoms with van der Waals surface area (Å²) in [7, 11) is 0. The van der Waals surface area contributed by atoms with Crippen molar-refractivity contribution in [3.8, 4) is 0 Å². The maximum absolute atomic E-state index is 13.4. The van der Waals surface area contributed by atoms with Gasteiger partial charge in [0.05, 0.1) is 16.6 Å². The predicted molar refractivity (Wildman–Crippen MR) is 124 cm³/mol. The summed E-state index contributed by atoms with van der Waals surface area (Å²) >= 11 is 0. The van der Waals surface area contributed by atoms with Crippen LogP contribution in [0.5, 0.6) is 0 Å². The molecule has 5 nitrogen and oxygen atoms in total. The Bertz CT molecular complexity index is 1160. The second-order valence-electron chi connectivity index (χ2n) is 7.55. The van der Waals surface area contributed by atoms with E-state index in [2.05, 4.69) is 29.6 Å². The second-order valence-corrected chi connectivity index (χ2v) is 7.55. The van der Waals surface area contributed by atoms with Crippen molar-refractivity contribution in [2.45, 2.75) is 52.0 Å². The van der Waals surface area contributed by atoms with Gasteiger partial charge in [0.25, 0.3) is 0 Å². The van der Waals surface area contributed by atoms with E-state index in [9.17, 15) is 4.39 Å². The molecular weight excluding hydrogens is 377 g/mol. The van der Waals surface area contributed by atoms with E-state index in [0.717, 1.165) is 72.7 Å². The first-order valence-electron chi connectivity index (χ1n) is 10.5. The Balaban J connectivity index is 1.90. The Labute approximate surface area is 176 Å². The van der Waals surface area contributed by atoms with Crippen molar-refractivity contribution in [3.05, 3.63) is 58.6 Å². The number of aromatic nitrogens is 3. The van der Waals surface area contributed by atoms with Crippen LogP contribution in [0.15, 0.2) is 30.9 Å². The number of pyridine rings is 1. The van der Waals surface area contributed by atoms with E-state index in [1.54, 1.807) is 18.2 Å². The quantitative estimate of drug-likeness (QED) is 0.420. The first-order chi connectivity index (χ1) is 14.5. The molecule has 0 atom stereocenters. The Kier molecular flexibility index (Phi) is 6.87. The molecule has 4 N–H and O–H groups in total. The highest BCUT2D eigenvalue weighted by atomic mass is 19.1. The normalized spacial score (nSPS) is 12.0. The number of allylic oxidation sites excluding steroid dienone is 1. The molecule has 0 saturated heterocycles. The van der Waals surface area contributed by atoms with Crippen LogP contribution in [-0.4, -0.2) is 14.5 Å². The summed E-state index contributed by atoms with van der Waals surface area (Å²) in [6, 6.07) is 4.94. The number of halogens is 1. The molecule has 2 aromatic heterocycles. The van der Waals surface area contributed by atoms with Gasteiger partial charge in [-0.1, -0.05) is 44.7 Å². The molecule has 3 rings (SSSR count). The lowest BCUT2D eigenvalue weighted by atomic mass is 10.1. The SMILES string of the molecule is C=C/C=c1\c(=C)nc(N)c2nc(CCCC)n(CCCCc3ccc(F)c(N)c3)c12. The molecule has 2 heterocycles. The fraction of sp³-hybridized carbons (Fsp3) is 0.333. The van der Waals surface area contributed by atoms with Gasteiger partial charge in [0.15, 0.2) is 5.82 Å². The number of nitrogens with two attached hydrogens (primary N) is 2. The van der Waals surface area contributed by atoms with Gasteiger partial charge in [-0.2, -0.15) is 0 Å². The van der Waals surface area contributed by atoms with E-state index in [1.807, 2.05) is 6.08 Å². The minimum atomic E-state index is -0.370. The third-order valence-electron chi connectivity index (χ3n) is 5.31. The average molecular weight is 408 g/mol. The molecule has 0 unspecified atom stereocenters. The van der Waals surface area contributed by atoms with E-state index in [1.165, 1.54) is 6.07 Å². The van der Waals surface area contributed by atoms with Gasteiger partial charge in [0, 0.05) is 18.2 Å². The van der Waals surface area contributed by atoms with Crippen molar-refractivity contribution in [1.29, 1.82) is 0 Å². The predicted octanol–water partition coefficient (Wildman–Crippen LogP) is 3.48. The standard InChI is InChI=1S/C24H30FN5/c1-4-6-11-21-29-22-23(18(9-5-2)16(3)28-24(22)27)30(21)14-8-7-10-17-12-13-19(25)20(26)15-17/h5,9,12-13,15H,2-4,6-8,10-11,14,26H2,1H3,(H2,27,28)/b18-9+. The number of imidazole rings is 1. The number of anilines is 2. The van der Waals surface area contributed by atoms with Gasteiger partial charge in [0.1, 0.15) is 17.2 Å². The van der Waals surface area contributed by atoms with Crippen LogP contribution in [0.3, 0.4) is 0 Å². The van der Waals surface area contributed by atoms with E-state index in [4.69, 9.17) is 16.5 Å². The third-order valence-corrected chi connectivity index (χ3v) is 5.31. The second kappa shape index (κ2) is 9.57. The molecule has 0 aliphatic rings. The number of benzene rings is 1. The Morgan fingerprint density at radius 1 is 1.13 bits per heavy atom. The molecule has 158 valence electrons. The smallest absolute Gasteiger partial charge is 0.152 e. The van der Waals surface area contributed by atoms with E-state index in [0.29, 0.717) is 11.2 Å². The molecule has 0 fully saturated rings. The molecule has 30 heavy (non-hydrogen) atoms. The summed E-state index contributed by atoms with van der Waals surface area (Å²) in [4.78, 5) is 9.20. The molecule has 0 aliphatic heterocycles. The molecule has 0 radical (unpaired) electrons. The lowest BCUT2D eigenvalue weighted by Crippen LogP contribution is -2.30. The summed E-state index contributed by atoms with van der Waals surface area (Å²) in [5.41, 5.74) is 14.8. The lowest BCUT2D eigenvalue weighted by molar-refractivity contribution is 0.587. The van der Waals surface area contributed by atoms with Crippen molar-refractivity contribution in [2.24, 2.45) is 0 Å². The Morgan fingerprint density at radius 2 is 1.93 bits per heavy atom. The van der Waals surface area contributed by atoms with Crippen LogP contribution in [0.25, 0.3) is 23.7 Å². The minimum absolute atomic E-state index is 0.200. The molecule has 0 spiro atoms. The van der Waals surface area contributed by atoms with Crippen LogP contribution in [-0.2, 0) is 19.4 Å². The maximum atomic E-state index is 13.4. The van der Waals surface area contributed by atoms with Gasteiger partial charge in [-0.25, -0.2) is 14.4 Å². The van der Waals surface area contributed by atoms with Crippen LogP contribution in [0.2, 0.25) is 0 Å². The van der Waals surface area contributed by atoms with Gasteiger partial charge in [-0.05, 0) is 43.4 Å². The first-order valence-corrected chi connectivity index (χ1v) is 10.5. The topological polar surface area (TPSA) is 82.8 Å². The number of unbranched alkanes of at least 4 members (excludes halogenated alkanes) is 2. The lowest BCUT2D eigenvalue weighted by Gasteiger charge is -2.10. The summed E-state index contributed by atoms with van der Waals surface area (Å²) in [6.45, 7) is 10.9. The van der Waals surface area contributed by atoms with Crippen LogP contribution in [0.4, 0.5) is 15.9 Å². The van der Waals surface area contributed by atoms with Gasteiger partial charge in [0.2, 0.25) is 0 Å². The zero-order valence-corrected chi connectivity index (χ0v) is 17.6. The molecule has 3 aromatic rings. The van der Waals surface area contributed by atoms with Crippen molar-refractivity contribution >= 4 is 35.2 Å². The number of rotatable bonds is 9. The monoisotopic (exact) mass is 407 g/mol. The number of nitrogens with zero attached hydrogens (tertiary/aromatic N) is 3. The number of hydrogen-bond donors (Lipinski definition) is 2. The third kappa shape index (κ3) is 4.53. The molecule has 0 bridgehead atoms. The fourth-order valence-electron chi connectivity index (χ4n) is 3.75. The van der Waals surface area contributed by atoms with Crippen LogP contribution in [0, 0.1) is 5.82 Å². The highest BCUT2D eigenvalue weighted by Crippen LogP contribution is 2.20. The fourth-order valence-corrected chi connectivity index (χ4v) is 3.75. The minimum Gasteiger partial charge on any atom is -0.396 e. The van der Waals surface area contributed by atoms with Crippen LogP contribution >= 0.6 is 0 Å². The Morgan fingerprint density at radius 3 is 2.63 bits per heavy atom. The summed E-state index contributed by atoms with van der Waals surface area (Å²) < 4.78 is 15.6. The molecule has 6 heteroatoms. The molecule has 0 saturated carbocycles. The van der Waals surface area contributed by atoms with Crippen LogP contribution < -0.4 is 22.0 Å². The van der Waals surface area contributed by atoms with E-state index >= 15 is 0 Å². The summed E-state index contributed by atoms with van der Waals surface area (Å²) in [5, 5.41) is 1.54. The molecule has 0 amide bonds. The van der Waals surface area contributed by atoms with Gasteiger partial charge in [-0.15, -0.1) is 0 Å².